The maximum absolute atomic E-state index is 12.1. The molecular formula is C15H15ClN2O2. The molecule has 1 saturated heterocycles. The summed E-state index contributed by atoms with van der Waals surface area (Å²) in [6.07, 6.45) is 0. The van der Waals surface area contributed by atoms with Crippen LogP contribution in [0.2, 0.25) is 5.15 Å². The second-order valence-electron chi connectivity index (χ2n) is 5.63. The van der Waals surface area contributed by atoms with Crippen LogP contribution in [-0.4, -0.2) is 22.6 Å². The van der Waals surface area contributed by atoms with Crippen LogP contribution in [0, 0.1) is 5.41 Å². The Morgan fingerprint density at radius 1 is 1.40 bits per heavy atom. The Hall–Kier alpha value is -1.65. The van der Waals surface area contributed by atoms with E-state index in [1.807, 2.05) is 44.2 Å². The van der Waals surface area contributed by atoms with Gasteiger partial charge in [0, 0.05) is 10.9 Å². The molecule has 0 aliphatic carbocycles. The second-order valence-corrected chi connectivity index (χ2v) is 5.99. The lowest BCUT2D eigenvalue weighted by Gasteiger charge is -2.17. The van der Waals surface area contributed by atoms with Gasteiger partial charge in [-0.25, -0.2) is 10.0 Å². The van der Waals surface area contributed by atoms with Crippen LogP contribution in [0.15, 0.2) is 30.3 Å². The van der Waals surface area contributed by atoms with Crippen molar-refractivity contribution in [3.05, 3.63) is 41.0 Å². The van der Waals surface area contributed by atoms with Crippen molar-refractivity contribution in [2.75, 3.05) is 6.61 Å². The lowest BCUT2D eigenvalue weighted by atomic mass is 9.95. The van der Waals surface area contributed by atoms with Gasteiger partial charge >= 0.3 is 0 Å². The van der Waals surface area contributed by atoms with E-state index in [9.17, 15) is 4.79 Å². The highest BCUT2D eigenvalue weighted by atomic mass is 35.5. The number of halogens is 1. The highest BCUT2D eigenvalue weighted by Gasteiger charge is 2.40. The van der Waals surface area contributed by atoms with E-state index in [0.717, 1.165) is 16.5 Å². The largest absolute Gasteiger partial charge is 0.272 e. The summed E-state index contributed by atoms with van der Waals surface area (Å²) in [5.41, 5.74) is 1.16. The molecular weight excluding hydrogens is 276 g/mol. The fourth-order valence-corrected chi connectivity index (χ4v) is 2.42. The minimum atomic E-state index is -0.475. The molecule has 104 valence electrons. The number of nitrogens with zero attached hydrogens (tertiary/aromatic N) is 2. The van der Waals surface area contributed by atoms with Crippen LogP contribution in [0.25, 0.3) is 10.9 Å². The number of para-hydroxylation sites is 1. The summed E-state index contributed by atoms with van der Waals surface area (Å²) in [5, 5.41) is 2.78. The molecule has 5 heteroatoms. The number of rotatable bonds is 2. The molecule has 0 saturated carbocycles. The van der Waals surface area contributed by atoms with Gasteiger partial charge in [0.25, 0.3) is 5.91 Å². The van der Waals surface area contributed by atoms with Crippen LogP contribution in [0.4, 0.5) is 0 Å². The third kappa shape index (κ3) is 2.25. The number of carbonyl (C=O) groups excluding carboxylic acids is 1. The minimum Gasteiger partial charge on any atom is -0.272 e. The van der Waals surface area contributed by atoms with Crippen LogP contribution < -0.4 is 0 Å². The maximum Gasteiger partial charge on any atom is 0.254 e. The molecule has 1 aromatic heterocycles. The molecule has 1 fully saturated rings. The first kappa shape index (κ1) is 13.3. The molecule has 2 aromatic rings. The summed E-state index contributed by atoms with van der Waals surface area (Å²) in [5.74, 6) is -0.0262. The number of fused-ring (bicyclic) bond motifs is 1. The normalized spacial score (nSPS) is 17.9. The summed E-state index contributed by atoms with van der Waals surface area (Å²) < 4.78 is 0. The standard InChI is InChI=1S/C15H15ClN2O2/c1-15(2)9-20-18(14(15)19)8-11-7-10-5-3-4-6-12(10)17-13(11)16/h3-7H,8-9H2,1-2H3. The van der Waals surface area contributed by atoms with Crippen molar-refractivity contribution < 1.29 is 9.63 Å². The molecule has 1 aliphatic rings. The third-order valence-electron chi connectivity index (χ3n) is 3.45. The van der Waals surface area contributed by atoms with Gasteiger partial charge in [-0.15, -0.1) is 0 Å². The zero-order valence-corrected chi connectivity index (χ0v) is 12.1. The molecule has 0 N–H and O–H groups in total. The molecule has 1 amide bonds. The van der Waals surface area contributed by atoms with Crippen LogP contribution in [0.3, 0.4) is 0 Å². The van der Waals surface area contributed by atoms with Crippen molar-refractivity contribution in [1.29, 1.82) is 0 Å². The Kier molecular flexibility index (Phi) is 3.15. The molecule has 2 heterocycles. The van der Waals surface area contributed by atoms with Crippen LogP contribution in [0.5, 0.6) is 0 Å². The Bertz CT molecular complexity index is 685. The molecule has 0 radical (unpaired) electrons. The smallest absolute Gasteiger partial charge is 0.254 e. The van der Waals surface area contributed by atoms with Crippen molar-refractivity contribution in [3.8, 4) is 0 Å². The lowest BCUT2D eigenvalue weighted by molar-refractivity contribution is -0.165. The van der Waals surface area contributed by atoms with Gasteiger partial charge in [-0.2, -0.15) is 0 Å². The van der Waals surface area contributed by atoms with E-state index < -0.39 is 5.41 Å². The predicted molar refractivity (Wildman–Crippen MR) is 77.0 cm³/mol. The average Bonchev–Trinajstić information content (AvgIpc) is 2.67. The number of hydroxylamine groups is 2. The van der Waals surface area contributed by atoms with Crippen molar-refractivity contribution >= 4 is 28.4 Å². The number of carbonyl (C=O) groups is 1. The van der Waals surface area contributed by atoms with Gasteiger partial charge in [-0.05, 0) is 26.0 Å². The summed E-state index contributed by atoms with van der Waals surface area (Å²) in [7, 11) is 0. The molecule has 0 bridgehead atoms. The van der Waals surface area contributed by atoms with E-state index in [0.29, 0.717) is 18.3 Å². The molecule has 0 atom stereocenters. The number of benzene rings is 1. The SMILES string of the molecule is CC1(C)CON(Cc2cc3ccccc3nc2Cl)C1=O. The fraction of sp³-hybridized carbons (Fsp3) is 0.333. The first-order chi connectivity index (χ1) is 9.47. The van der Waals surface area contributed by atoms with E-state index in [4.69, 9.17) is 16.4 Å². The number of amides is 1. The average molecular weight is 291 g/mol. The van der Waals surface area contributed by atoms with Gasteiger partial charge in [0.05, 0.1) is 24.1 Å². The van der Waals surface area contributed by atoms with Crippen LogP contribution in [0.1, 0.15) is 19.4 Å². The van der Waals surface area contributed by atoms with E-state index >= 15 is 0 Å². The first-order valence-electron chi connectivity index (χ1n) is 6.46. The number of aromatic nitrogens is 1. The van der Waals surface area contributed by atoms with Gasteiger partial charge in [-0.1, -0.05) is 29.8 Å². The molecule has 0 unspecified atom stereocenters. The quantitative estimate of drug-likeness (QED) is 0.798. The Morgan fingerprint density at radius 2 is 2.15 bits per heavy atom. The topological polar surface area (TPSA) is 42.4 Å². The van der Waals surface area contributed by atoms with Crippen LogP contribution in [-0.2, 0) is 16.2 Å². The molecule has 4 nitrogen and oxygen atoms in total. The summed E-state index contributed by atoms with van der Waals surface area (Å²) in [6, 6.07) is 9.69. The first-order valence-corrected chi connectivity index (χ1v) is 6.84. The molecule has 1 aromatic carbocycles. The van der Waals surface area contributed by atoms with Crippen molar-refractivity contribution in [3.63, 3.8) is 0 Å². The zero-order valence-electron chi connectivity index (χ0n) is 11.4. The maximum atomic E-state index is 12.1. The van der Waals surface area contributed by atoms with Gasteiger partial charge in [0.1, 0.15) is 5.15 Å². The second kappa shape index (κ2) is 4.72. The molecule has 1 aliphatic heterocycles. The Balaban J connectivity index is 1.92. The van der Waals surface area contributed by atoms with Gasteiger partial charge in [-0.3, -0.25) is 9.63 Å². The van der Waals surface area contributed by atoms with Crippen molar-refractivity contribution in [2.24, 2.45) is 5.41 Å². The third-order valence-corrected chi connectivity index (χ3v) is 3.78. The van der Waals surface area contributed by atoms with Gasteiger partial charge in [0.15, 0.2) is 0 Å². The summed E-state index contributed by atoms with van der Waals surface area (Å²) in [6.45, 7) is 4.45. The summed E-state index contributed by atoms with van der Waals surface area (Å²) in [4.78, 5) is 21.9. The minimum absolute atomic E-state index is 0.0262. The number of hydrogen-bond donors (Lipinski definition) is 0. The van der Waals surface area contributed by atoms with E-state index in [2.05, 4.69) is 4.98 Å². The van der Waals surface area contributed by atoms with Gasteiger partial charge in [0.2, 0.25) is 0 Å². The van der Waals surface area contributed by atoms with E-state index in [1.54, 1.807) is 0 Å². The summed E-state index contributed by atoms with van der Waals surface area (Å²) >= 11 is 6.20. The molecule has 3 rings (SSSR count). The number of pyridine rings is 1. The zero-order chi connectivity index (χ0) is 14.3. The predicted octanol–water partition coefficient (Wildman–Crippen LogP) is 3.19. The Morgan fingerprint density at radius 3 is 2.85 bits per heavy atom. The van der Waals surface area contributed by atoms with Crippen molar-refractivity contribution in [1.82, 2.24) is 10.0 Å². The van der Waals surface area contributed by atoms with E-state index in [1.165, 1.54) is 5.06 Å². The molecule has 0 spiro atoms. The number of hydrogen-bond acceptors (Lipinski definition) is 3. The highest BCUT2D eigenvalue weighted by molar-refractivity contribution is 6.30. The fourth-order valence-electron chi connectivity index (χ4n) is 2.22. The Labute approximate surface area is 122 Å². The van der Waals surface area contributed by atoms with Crippen LogP contribution >= 0.6 is 11.6 Å². The monoisotopic (exact) mass is 290 g/mol. The van der Waals surface area contributed by atoms with Crippen molar-refractivity contribution in [2.45, 2.75) is 20.4 Å². The molecule has 20 heavy (non-hydrogen) atoms. The lowest BCUT2D eigenvalue weighted by Crippen LogP contribution is -2.30. The van der Waals surface area contributed by atoms with Gasteiger partial charge < -0.3 is 0 Å². The van der Waals surface area contributed by atoms with E-state index in [-0.39, 0.29) is 5.91 Å². The highest BCUT2D eigenvalue weighted by Crippen LogP contribution is 2.30.